The van der Waals surface area contributed by atoms with Crippen LogP contribution in [-0.4, -0.2) is 38.0 Å². The topological polar surface area (TPSA) is 102 Å². The number of hydrogen-bond donors (Lipinski definition) is 1. The van der Waals surface area contributed by atoms with Crippen LogP contribution in [0.25, 0.3) is 0 Å². The van der Waals surface area contributed by atoms with E-state index >= 15 is 0 Å². The fourth-order valence-electron chi connectivity index (χ4n) is 2.41. The molecule has 1 aromatic rings. The van der Waals surface area contributed by atoms with Gasteiger partial charge in [-0.25, -0.2) is 9.59 Å². The molecule has 0 saturated carbocycles. The van der Waals surface area contributed by atoms with Gasteiger partial charge >= 0.3 is 22.3 Å². The number of rotatable bonds is 6. The molecule has 1 amide bonds. The molecule has 11 heteroatoms. The Morgan fingerprint density at radius 3 is 2.54 bits per heavy atom. The number of amides is 1. The van der Waals surface area contributed by atoms with Crippen molar-refractivity contribution < 1.29 is 27.5 Å². The van der Waals surface area contributed by atoms with Crippen LogP contribution in [0.3, 0.4) is 0 Å². The lowest BCUT2D eigenvalue weighted by molar-refractivity contribution is -0.139. The van der Waals surface area contributed by atoms with Gasteiger partial charge in [0, 0.05) is 16.2 Å². The molecule has 0 aromatic heterocycles. The van der Waals surface area contributed by atoms with Crippen molar-refractivity contribution >= 4 is 45.5 Å². The van der Waals surface area contributed by atoms with Gasteiger partial charge in [-0.3, -0.25) is 0 Å². The van der Waals surface area contributed by atoms with Gasteiger partial charge in [0.05, 0.1) is 24.8 Å². The Balaban J connectivity index is 2.48. The summed E-state index contributed by atoms with van der Waals surface area (Å²) in [4.78, 5) is 24.6. The van der Waals surface area contributed by atoms with E-state index in [1.165, 1.54) is 18.2 Å². The highest BCUT2D eigenvalue weighted by atomic mass is 35.5. The average Bonchev–Trinajstić information content (AvgIpc) is 2.61. The van der Waals surface area contributed by atoms with Crippen LogP contribution in [0.15, 0.2) is 30.0 Å². The summed E-state index contributed by atoms with van der Waals surface area (Å²) in [5.74, 6) is -0.799. The fourth-order valence-corrected chi connectivity index (χ4v) is 4.09. The first-order valence-electron chi connectivity index (χ1n) is 8.53. The van der Waals surface area contributed by atoms with Crippen LogP contribution in [0, 0.1) is 0 Å². The van der Waals surface area contributed by atoms with Crippen molar-refractivity contribution in [3.8, 4) is 0 Å². The molecule has 154 valence electrons. The van der Waals surface area contributed by atoms with E-state index in [1.54, 1.807) is 6.92 Å². The number of nitrogens with zero attached hydrogens (tertiary/aromatic N) is 1. The molecule has 8 nitrogen and oxygen atoms in total. The third-order valence-corrected chi connectivity index (χ3v) is 5.65. The van der Waals surface area contributed by atoms with Crippen molar-refractivity contribution in [1.29, 1.82) is 0 Å². The smallest absolute Gasteiger partial charge is 0.428 e. The van der Waals surface area contributed by atoms with Crippen molar-refractivity contribution in [2.45, 2.75) is 32.7 Å². The second-order valence-electron chi connectivity index (χ2n) is 5.79. The molecule has 0 saturated heterocycles. The van der Waals surface area contributed by atoms with E-state index in [0.717, 1.165) is 12.6 Å². The summed E-state index contributed by atoms with van der Waals surface area (Å²) in [6.45, 7) is 3.61. The first-order chi connectivity index (χ1) is 13.2. The van der Waals surface area contributed by atoms with Gasteiger partial charge in [-0.1, -0.05) is 42.6 Å². The molecule has 1 heterocycles. The van der Waals surface area contributed by atoms with Crippen molar-refractivity contribution in [3.05, 3.63) is 45.6 Å². The molecular weight excluding hydrogens is 431 g/mol. The van der Waals surface area contributed by atoms with Crippen LogP contribution >= 0.6 is 23.2 Å². The summed E-state index contributed by atoms with van der Waals surface area (Å²) >= 11 is 12.1. The molecule has 28 heavy (non-hydrogen) atoms. The number of carbonyl (C=O) groups is 2. The quantitative estimate of drug-likeness (QED) is 0.524. The van der Waals surface area contributed by atoms with Gasteiger partial charge in [-0.05, 0) is 31.0 Å². The molecule has 1 aliphatic rings. The summed E-state index contributed by atoms with van der Waals surface area (Å²) in [6.07, 6.45) is 1.11. The van der Waals surface area contributed by atoms with E-state index in [2.05, 4.69) is 4.72 Å². The average molecular weight is 451 g/mol. The Hall–Kier alpha value is -1.81. The number of halogens is 2. The number of benzene rings is 1. The molecule has 0 radical (unpaired) electrons. The summed E-state index contributed by atoms with van der Waals surface area (Å²) in [5, 5.41) is 0.490. The largest absolute Gasteiger partial charge is 0.463 e. The predicted molar refractivity (Wildman–Crippen MR) is 104 cm³/mol. The highest BCUT2D eigenvalue weighted by Gasteiger charge is 2.40. The second kappa shape index (κ2) is 9.60. The SMILES string of the molecule is CCCCOC(=O)N1C=C(C(=O)OCC)C(c2ccc(Cl)cc2Cl)NS1(=O)=O. The molecule has 1 N–H and O–H groups in total. The van der Waals surface area contributed by atoms with Crippen LogP contribution in [0.5, 0.6) is 0 Å². The van der Waals surface area contributed by atoms with E-state index in [9.17, 15) is 18.0 Å². The Bertz CT molecular complexity index is 888. The van der Waals surface area contributed by atoms with Crippen molar-refractivity contribution in [2.24, 2.45) is 0 Å². The number of unbranched alkanes of at least 4 members (excludes halogenated alkanes) is 1. The summed E-state index contributed by atoms with van der Waals surface area (Å²) < 4.78 is 37.8. The summed E-state index contributed by atoms with van der Waals surface area (Å²) in [5.41, 5.74) is 0.168. The molecule has 1 aromatic carbocycles. The molecule has 1 atom stereocenters. The number of esters is 1. The van der Waals surface area contributed by atoms with Gasteiger partial charge in [0.15, 0.2) is 0 Å². The van der Waals surface area contributed by atoms with Gasteiger partial charge in [0.25, 0.3) is 0 Å². The van der Waals surface area contributed by atoms with E-state index in [-0.39, 0.29) is 29.4 Å². The molecule has 0 aliphatic carbocycles. The van der Waals surface area contributed by atoms with Crippen LogP contribution < -0.4 is 4.72 Å². The molecule has 1 aliphatic heterocycles. The van der Waals surface area contributed by atoms with E-state index < -0.39 is 28.3 Å². The highest BCUT2D eigenvalue weighted by Crippen LogP contribution is 2.34. The normalized spacial score (nSPS) is 18.4. The molecule has 0 fully saturated rings. The minimum Gasteiger partial charge on any atom is -0.463 e. The van der Waals surface area contributed by atoms with E-state index in [0.29, 0.717) is 15.7 Å². The van der Waals surface area contributed by atoms with E-state index in [4.69, 9.17) is 32.7 Å². The van der Waals surface area contributed by atoms with Crippen molar-refractivity contribution in [2.75, 3.05) is 13.2 Å². The molecule has 2 rings (SSSR count). The molecular formula is C17H20Cl2N2O6S. The zero-order valence-electron chi connectivity index (χ0n) is 15.3. The van der Waals surface area contributed by atoms with Gasteiger partial charge in [-0.2, -0.15) is 17.4 Å². The minimum absolute atomic E-state index is 0.0520. The third kappa shape index (κ3) is 5.16. The Morgan fingerprint density at radius 2 is 1.93 bits per heavy atom. The third-order valence-electron chi connectivity index (χ3n) is 3.78. The van der Waals surface area contributed by atoms with Crippen LogP contribution in [0.1, 0.15) is 38.3 Å². The van der Waals surface area contributed by atoms with Crippen molar-refractivity contribution in [3.63, 3.8) is 0 Å². The summed E-state index contributed by atoms with van der Waals surface area (Å²) in [7, 11) is -4.33. The van der Waals surface area contributed by atoms with Gasteiger partial charge in [0.2, 0.25) is 0 Å². The van der Waals surface area contributed by atoms with Crippen LogP contribution in [0.4, 0.5) is 4.79 Å². The van der Waals surface area contributed by atoms with E-state index in [1.807, 2.05) is 6.92 Å². The van der Waals surface area contributed by atoms with Crippen LogP contribution in [-0.2, 0) is 24.5 Å². The Kier molecular flexibility index (Phi) is 7.70. The zero-order valence-corrected chi connectivity index (χ0v) is 17.6. The molecule has 0 bridgehead atoms. The monoisotopic (exact) mass is 450 g/mol. The van der Waals surface area contributed by atoms with Gasteiger partial charge in [0.1, 0.15) is 0 Å². The predicted octanol–water partition coefficient (Wildman–Crippen LogP) is 3.57. The number of ether oxygens (including phenoxy) is 2. The fraction of sp³-hybridized carbons (Fsp3) is 0.412. The molecule has 0 spiro atoms. The maximum Gasteiger partial charge on any atom is 0.428 e. The first kappa shape index (κ1) is 22.5. The van der Waals surface area contributed by atoms with Crippen LogP contribution in [0.2, 0.25) is 10.0 Å². The molecule has 1 unspecified atom stereocenters. The maximum absolute atomic E-state index is 12.6. The van der Waals surface area contributed by atoms with Gasteiger partial charge in [-0.15, -0.1) is 0 Å². The lowest BCUT2D eigenvalue weighted by atomic mass is 10.00. The highest BCUT2D eigenvalue weighted by molar-refractivity contribution is 7.87. The van der Waals surface area contributed by atoms with Crippen molar-refractivity contribution in [1.82, 2.24) is 9.03 Å². The Labute approximate surface area is 173 Å². The summed E-state index contributed by atoms with van der Waals surface area (Å²) in [6, 6.07) is 3.25. The second-order valence-corrected chi connectivity index (χ2v) is 8.21. The van der Waals surface area contributed by atoms with Gasteiger partial charge < -0.3 is 9.47 Å². The number of nitrogens with one attached hydrogen (secondary N) is 1. The number of carbonyl (C=O) groups excluding carboxylic acids is 2. The Morgan fingerprint density at radius 1 is 1.21 bits per heavy atom. The maximum atomic E-state index is 12.6. The lowest BCUT2D eigenvalue weighted by Gasteiger charge is -2.30. The zero-order chi connectivity index (χ0) is 20.9. The number of hydrogen-bond acceptors (Lipinski definition) is 6. The standard InChI is InChI=1S/C17H20Cl2N2O6S/c1-3-5-8-27-17(23)21-10-13(16(22)26-4-2)15(20-28(21,24)25)12-7-6-11(18)9-14(12)19/h6-7,9-10,15,20H,3-5,8H2,1-2H3. The lowest BCUT2D eigenvalue weighted by Crippen LogP contribution is -2.48. The minimum atomic E-state index is -4.33. The first-order valence-corrected chi connectivity index (χ1v) is 10.7.